The molecule has 0 saturated heterocycles. The molecule has 0 amide bonds. The summed E-state index contributed by atoms with van der Waals surface area (Å²) in [6.45, 7) is 3.13. The van der Waals surface area contributed by atoms with Gasteiger partial charge in [0.15, 0.2) is 5.65 Å². The molecule has 0 fully saturated rings. The highest BCUT2D eigenvalue weighted by Crippen LogP contribution is 2.25. The van der Waals surface area contributed by atoms with Crippen molar-refractivity contribution in [3.8, 4) is 0 Å². The maximum atomic E-state index is 12.5. The van der Waals surface area contributed by atoms with Crippen molar-refractivity contribution in [1.82, 2.24) is 29.7 Å². The van der Waals surface area contributed by atoms with E-state index in [-0.39, 0.29) is 5.56 Å². The summed E-state index contributed by atoms with van der Waals surface area (Å²) in [5.41, 5.74) is 2.36. The third-order valence-corrected chi connectivity index (χ3v) is 4.19. The van der Waals surface area contributed by atoms with Gasteiger partial charge in [-0.15, -0.1) is 0 Å². The third-order valence-electron chi connectivity index (χ3n) is 4.19. The smallest absolute Gasteiger partial charge is 0.258 e. The van der Waals surface area contributed by atoms with Gasteiger partial charge >= 0.3 is 0 Å². The molecule has 0 unspecified atom stereocenters. The van der Waals surface area contributed by atoms with E-state index in [1.165, 1.54) is 6.33 Å². The lowest BCUT2D eigenvalue weighted by Gasteiger charge is -2.29. The predicted octanol–water partition coefficient (Wildman–Crippen LogP) is 0.318. The van der Waals surface area contributed by atoms with E-state index in [9.17, 15) is 4.79 Å². The molecule has 0 saturated carbocycles. The van der Waals surface area contributed by atoms with Crippen LogP contribution in [0.15, 0.2) is 17.3 Å². The number of hydrogen-bond acceptors (Lipinski definition) is 6. The predicted molar refractivity (Wildman–Crippen MR) is 80.7 cm³/mol. The Hall–Kier alpha value is -2.77. The summed E-state index contributed by atoms with van der Waals surface area (Å²) in [7, 11) is 1.75. The fraction of sp³-hybridized carbons (Fsp3) is 0.357. The highest BCUT2D eigenvalue weighted by Gasteiger charge is 2.24. The molecular weight excluding hydrogens is 282 g/mol. The van der Waals surface area contributed by atoms with E-state index < -0.39 is 0 Å². The van der Waals surface area contributed by atoms with Gasteiger partial charge in [0, 0.05) is 20.0 Å². The molecule has 22 heavy (non-hydrogen) atoms. The van der Waals surface area contributed by atoms with E-state index in [1.54, 1.807) is 17.8 Å². The first-order chi connectivity index (χ1) is 10.6. The van der Waals surface area contributed by atoms with Gasteiger partial charge in [-0.2, -0.15) is 5.10 Å². The summed E-state index contributed by atoms with van der Waals surface area (Å²) in [6.07, 6.45) is 3.96. The van der Waals surface area contributed by atoms with Crippen molar-refractivity contribution < 1.29 is 0 Å². The number of fused-ring (bicyclic) bond motifs is 2. The van der Waals surface area contributed by atoms with Crippen molar-refractivity contribution in [3.05, 3.63) is 40.0 Å². The van der Waals surface area contributed by atoms with Crippen LogP contribution >= 0.6 is 0 Å². The van der Waals surface area contributed by atoms with Gasteiger partial charge in [-0.05, 0) is 6.92 Å². The summed E-state index contributed by atoms with van der Waals surface area (Å²) in [5.74, 6) is 1.54. The van der Waals surface area contributed by atoms with Crippen LogP contribution in [0, 0.1) is 6.92 Å². The third kappa shape index (κ3) is 1.80. The zero-order chi connectivity index (χ0) is 15.3. The summed E-state index contributed by atoms with van der Waals surface area (Å²) >= 11 is 0. The Kier molecular flexibility index (Phi) is 2.72. The van der Waals surface area contributed by atoms with Crippen molar-refractivity contribution in [1.29, 1.82) is 0 Å². The normalized spacial score (nSPS) is 14.4. The lowest BCUT2D eigenvalue weighted by molar-refractivity contribution is 0.651. The van der Waals surface area contributed by atoms with E-state index in [2.05, 4.69) is 30.0 Å². The average molecular weight is 297 g/mol. The van der Waals surface area contributed by atoms with Crippen LogP contribution in [0.2, 0.25) is 0 Å². The van der Waals surface area contributed by atoms with E-state index in [0.29, 0.717) is 12.2 Å². The summed E-state index contributed by atoms with van der Waals surface area (Å²) in [5, 5.41) is 7.72. The molecule has 0 radical (unpaired) electrons. The van der Waals surface area contributed by atoms with Crippen LogP contribution in [0.3, 0.4) is 0 Å². The number of rotatable bonds is 1. The molecule has 0 bridgehead atoms. The minimum absolute atomic E-state index is 0.0182. The van der Waals surface area contributed by atoms with Crippen molar-refractivity contribution in [2.45, 2.75) is 19.9 Å². The Balaban J connectivity index is 1.81. The Morgan fingerprint density at radius 1 is 1.32 bits per heavy atom. The van der Waals surface area contributed by atoms with Crippen molar-refractivity contribution >= 4 is 16.9 Å². The molecular formula is C14H15N7O. The largest absolute Gasteiger partial charge is 0.351 e. The quantitative estimate of drug-likeness (QED) is 0.695. The molecule has 0 atom stereocenters. The maximum Gasteiger partial charge on any atom is 0.258 e. The first-order valence-corrected chi connectivity index (χ1v) is 7.09. The molecule has 112 valence electrons. The number of anilines is 1. The molecule has 8 nitrogen and oxygen atoms in total. The van der Waals surface area contributed by atoms with Gasteiger partial charge in [-0.3, -0.25) is 14.5 Å². The monoisotopic (exact) mass is 297 g/mol. The number of nitrogens with one attached hydrogen (secondary N) is 1. The van der Waals surface area contributed by atoms with E-state index in [4.69, 9.17) is 0 Å². The van der Waals surface area contributed by atoms with E-state index in [1.807, 2.05) is 6.92 Å². The SMILES string of the molecule is Cc1nc2c(c(=O)n1C)CN(c1ncnc3[nH]ncc13)CC2. The molecule has 0 aliphatic carbocycles. The molecule has 1 N–H and O–H groups in total. The van der Waals surface area contributed by atoms with Gasteiger partial charge < -0.3 is 4.90 Å². The highest BCUT2D eigenvalue weighted by atomic mass is 16.1. The second kappa shape index (κ2) is 4.62. The fourth-order valence-corrected chi connectivity index (χ4v) is 2.87. The van der Waals surface area contributed by atoms with Crippen molar-refractivity contribution in [3.63, 3.8) is 0 Å². The molecule has 1 aliphatic rings. The van der Waals surface area contributed by atoms with E-state index in [0.717, 1.165) is 41.3 Å². The maximum absolute atomic E-state index is 12.5. The minimum Gasteiger partial charge on any atom is -0.351 e. The van der Waals surface area contributed by atoms with Crippen LogP contribution in [0.4, 0.5) is 5.82 Å². The molecule has 0 aromatic carbocycles. The van der Waals surface area contributed by atoms with Gasteiger partial charge in [0.05, 0.1) is 29.4 Å². The average Bonchev–Trinajstić information content (AvgIpc) is 3.01. The number of nitrogens with zero attached hydrogens (tertiary/aromatic N) is 6. The zero-order valence-corrected chi connectivity index (χ0v) is 12.4. The first-order valence-electron chi connectivity index (χ1n) is 7.09. The Morgan fingerprint density at radius 2 is 2.18 bits per heavy atom. The molecule has 8 heteroatoms. The summed E-state index contributed by atoms with van der Waals surface area (Å²) < 4.78 is 1.59. The highest BCUT2D eigenvalue weighted by molar-refractivity contribution is 5.86. The zero-order valence-electron chi connectivity index (χ0n) is 12.4. The Bertz CT molecular complexity index is 927. The topological polar surface area (TPSA) is 92.6 Å². The molecule has 1 aliphatic heterocycles. The van der Waals surface area contributed by atoms with E-state index >= 15 is 0 Å². The number of aromatic amines is 1. The summed E-state index contributed by atoms with van der Waals surface area (Å²) in [6, 6.07) is 0. The van der Waals surface area contributed by atoms with Gasteiger partial charge in [0.25, 0.3) is 5.56 Å². The lowest BCUT2D eigenvalue weighted by Crippen LogP contribution is -2.38. The van der Waals surface area contributed by atoms with Crippen LogP contribution in [0.5, 0.6) is 0 Å². The lowest BCUT2D eigenvalue weighted by atomic mass is 10.1. The van der Waals surface area contributed by atoms with Crippen LogP contribution < -0.4 is 10.5 Å². The van der Waals surface area contributed by atoms with Crippen LogP contribution in [-0.4, -0.2) is 36.3 Å². The van der Waals surface area contributed by atoms with Gasteiger partial charge in [0.2, 0.25) is 0 Å². The van der Waals surface area contributed by atoms with Crippen LogP contribution in [0.1, 0.15) is 17.1 Å². The number of aromatic nitrogens is 6. The second-order valence-electron chi connectivity index (χ2n) is 5.45. The molecule has 4 rings (SSSR count). The van der Waals surface area contributed by atoms with Crippen LogP contribution in [-0.2, 0) is 20.0 Å². The number of hydrogen-bond donors (Lipinski definition) is 1. The molecule has 3 aromatic rings. The molecule has 0 spiro atoms. The Labute approximate surface area is 125 Å². The standard InChI is InChI=1S/C14H15N7O/c1-8-18-11-3-4-21(6-10(11)14(22)20(8)2)13-9-5-17-19-12(9)15-7-16-13/h5,7H,3-4,6H2,1-2H3,(H,15,16,17,19). The molecule has 3 aromatic heterocycles. The van der Waals surface area contributed by atoms with Crippen LogP contribution in [0.25, 0.3) is 11.0 Å². The summed E-state index contributed by atoms with van der Waals surface area (Å²) in [4.78, 5) is 27.6. The minimum atomic E-state index is 0.0182. The van der Waals surface area contributed by atoms with Crippen molar-refractivity contribution in [2.75, 3.05) is 11.4 Å². The van der Waals surface area contributed by atoms with Gasteiger partial charge in [0.1, 0.15) is 18.0 Å². The number of H-pyrrole nitrogens is 1. The number of aryl methyl sites for hydroxylation is 1. The second-order valence-corrected chi connectivity index (χ2v) is 5.45. The fourth-order valence-electron chi connectivity index (χ4n) is 2.87. The first kappa shape index (κ1) is 12.9. The Morgan fingerprint density at radius 3 is 3.05 bits per heavy atom. The van der Waals surface area contributed by atoms with Gasteiger partial charge in [-0.1, -0.05) is 0 Å². The van der Waals surface area contributed by atoms with Crippen molar-refractivity contribution in [2.24, 2.45) is 7.05 Å². The van der Waals surface area contributed by atoms with Gasteiger partial charge in [-0.25, -0.2) is 15.0 Å². The molecule has 4 heterocycles.